The Kier molecular flexibility index (Phi) is 4.01. The molecule has 4 heteroatoms. The van der Waals surface area contributed by atoms with Crippen LogP contribution in [0.1, 0.15) is 24.0 Å². The van der Waals surface area contributed by atoms with Crippen molar-refractivity contribution in [3.05, 3.63) is 76.3 Å². The van der Waals surface area contributed by atoms with Crippen LogP contribution < -0.4 is 0 Å². The van der Waals surface area contributed by atoms with Crippen LogP contribution in [0.5, 0.6) is 5.75 Å². The summed E-state index contributed by atoms with van der Waals surface area (Å²) in [5, 5.41) is 10.8. The maximum atomic E-state index is 10.8. The molecule has 1 aliphatic carbocycles. The van der Waals surface area contributed by atoms with Crippen molar-refractivity contribution in [1.82, 2.24) is 9.55 Å². The Morgan fingerprint density at radius 3 is 2.41 bits per heavy atom. The molecule has 4 aromatic rings. The molecule has 0 fully saturated rings. The average Bonchev–Trinajstić information content (AvgIpc) is 3.09. The number of para-hydroxylation sites is 2. The largest absolute Gasteiger partial charge is 0.507 e. The van der Waals surface area contributed by atoms with Gasteiger partial charge < -0.3 is 5.11 Å². The first-order chi connectivity index (χ1) is 13.2. The van der Waals surface area contributed by atoms with E-state index in [1.807, 2.05) is 36.4 Å². The van der Waals surface area contributed by atoms with Crippen LogP contribution in [0, 0.1) is 0 Å². The molecular formula is C23H19BrN2O. The lowest BCUT2D eigenvalue weighted by Crippen LogP contribution is -2.04. The van der Waals surface area contributed by atoms with Crippen LogP contribution >= 0.6 is 15.9 Å². The van der Waals surface area contributed by atoms with Crippen molar-refractivity contribution in [3.63, 3.8) is 0 Å². The Hall–Kier alpha value is -2.59. The van der Waals surface area contributed by atoms with Gasteiger partial charge in [0.05, 0.1) is 11.1 Å². The van der Waals surface area contributed by atoms with Crippen molar-refractivity contribution in [3.8, 4) is 22.8 Å². The molecule has 134 valence electrons. The number of benzene rings is 3. The van der Waals surface area contributed by atoms with Crippen LogP contribution in [-0.4, -0.2) is 14.7 Å². The van der Waals surface area contributed by atoms with Crippen molar-refractivity contribution >= 4 is 27.0 Å². The number of hydrogen-bond donors (Lipinski definition) is 1. The second-order valence-electron chi connectivity index (χ2n) is 7.06. The highest BCUT2D eigenvalue weighted by Crippen LogP contribution is 2.38. The molecule has 0 amide bonds. The van der Waals surface area contributed by atoms with E-state index in [1.54, 1.807) is 0 Å². The molecule has 0 saturated carbocycles. The van der Waals surface area contributed by atoms with Crippen molar-refractivity contribution < 1.29 is 5.11 Å². The molecule has 1 aromatic heterocycles. The van der Waals surface area contributed by atoms with E-state index in [2.05, 4.69) is 44.8 Å². The minimum atomic E-state index is 0.305. The maximum Gasteiger partial charge on any atom is 0.149 e. The number of aromatic hydroxyl groups is 1. The van der Waals surface area contributed by atoms with Gasteiger partial charge in [-0.3, -0.25) is 4.57 Å². The topological polar surface area (TPSA) is 38.1 Å². The Morgan fingerprint density at radius 1 is 0.889 bits per heavy atom. The highest BCUT2D eigenvalue weighted by Gasteiger charge is 2.21. The van der Waals surface area contributed by atoms with E-state index in [0.717, 1.165) is 45.4 Å². The zero-order valence-corrected chi connectivity index (χ0v) is 16.4. The van der Waals surface area contributed by atoms with Crippen molar-refractivity contribution in [2.24, 2.45) is 0 Å². The SMILES string of the molecule is Oc1cc2c(cc1-c1nc3c(Br)cccc3n1-c1ccccc1)CCCC2. The van der Waals surface area contributed by atoms with Gasteiger partial charge in [0.2, 0.25) is 0 Å². The number of aryl methyl sites for hydroxylation is 2. The fraction of sp³-hybridized carbons (Fsp3) is 0.174. The van der Waals surface area contributed by atoms with Gasteiger partial charge in [0, 0.05) is 10.2 Å². The quantitative estimate of drug-likeness (QED) is 0.430. The summed E-state index contributed by atoms with van der Waals surface area (Å²) in [6, 6.07) is 20.4. The summed E-state index contributed by atoms with van der Waals surface area (Å²) < 4.78 is 3.08. The number of imidazole rings is 1. The van der Waals surface area contributed by atoms with Crippen LogP contribution in [0.3, 0.4) is 0 Å². The van der Waals surface area contributed by atoms with E-state index in [1.165, 1.54) is 24.0 Å². The van der Waals surface area contributed by atoms with Crippen LogP contribution in [0.15, 0.2) is 65.1 Å². The first kappa shape index (κ1) is 16.6. The Labute approximate surface area is 166 Å². The fourth-order valence-corrected chi connectivity index (χ4v) is 4.48. The molecule has 0 saturated heterocycles. The van der Waals surface area contributed by atoms with E-state index < -0.39 is 0 Å². The molecule has 1 aliphatic rings. The number of halogens is 1. The minimum Gasteiger partial charge on any atom is -0.507 e. The monoisotopic (exact) mass is 418 g/mol. The lowest BCUT2D eigenvalue weighted by molar-refractivity contribution is 0.474. The van der Waals surface area contributed by atoms with Gasteiger partial charge in [-0.25, -0.2) is 4.98 Å². The maximum absolute atomic E-state index is 10.8. The van der Waals surface area contributed by atoms with Crippen molar-refractivity contribution in [1.29, 1.82) is 0 Å². The molecule has 5 rings (SSSR count). The summed E-state index contributed by atoms with van der Waals surface area (Å²) in [6.07, 6.45) is 4.51. The number of hydrogen-bond acceptors (Lipinski definition) is 2. The third kappa shape index (κ3) is 2.76. The van der Waals surface area contributed by atoms with E-state index in [0.29, 0.717) is 5.75 Å². The van der Waals surface area contributed by atoms with Crippen LogP contribution in [0.4, 0.5) is 0 Å². The standard InChI is InChI=1S/C23H19BrN2O/c24-19-11-6-12-20-22(19)25-23(26(20)17-9-2-1-3-10-17)18-13-15-7-4-5-8-16(15)14-21(18)27/h1-3,6,9-14,27H,4-5,7-8H2. The summed E-state index contributed by atoms with van der Waals surface area (Å²) in [5.41, 5.74) is 6.34. The van der Waals surface area contributed by atoms with Gasteiger partial charge in [0.1, 0.15) is 17.1 Å². The number of aromatic nitrogens is 2. The molecule has 27 heavy (non-hydrogen) atoms. The third-order valence-corrected chi connectivity index (χ3v) is 5.99. The van der Waals surface area contributed by atoms with Crippen LogP contribution in [-0.2, 0) is 12.8 Å². The molecule has 1 heterocycles. The van der Waals surface area contributed by atoms with E-state index in [4.69, 9.17) is 4.98 Å². The Morgan fingerprint density at radius 2 is 1.63 bits per heavy atom. The lowest BCUT2D eigenvalue weighted by Gasteiger charge is -2.18. The lowest BCUT2D eigenvalue weighted by atomic mass is 9.90. The Balaban J connectivity index is 1.83. The van der Waals surface area contributed by atoms with Gasteiger partial charge >= 0.3 is 0 Å². The molecule has 0 aliphatic heterocycles. The Bertz CT molecular complexity index is 1150. The average molecular weight is 419 g/mol. The number of phenols is 1. The highest BCUT2D eigenvalue weighted by molar-refractivity contribution is 9.10. The van der Waals surface area contributed by atoms with E-state index in [-0.39, 0.29) is 0 Å². The molecule has 0 radical (unpaired) electrons. The number of rotatable bonds is 2. The van der Waals surface area contributed by atoms with E-state index >= 15 is 0 Å². The zero-order chi connectivity index (χ0) is 18.4. The number of phenolic OH excluding ortho intramolecular Hbond substituents is 1. The molecule has 1 N–H and O–H groups in total. The second-order valence-corrected chi connectivity index (χ2v) is 7.91. The third-order valence-electron chi connectivity index (χ3n) is 5.35. The summed E-state index contributed by atoms with van der Waals surface area (Å²) in [4.78, 5) is 4.92. The summed E-state index contributed by atoms with van der Waals surface area (Å²) >= 11 is 3.63. The molecule has 0 spiro atoms. The predicted octanol–water partition coefficient (Wildman–Crippen LogP) is 6.04. The summed E-state index contributed by atoms with van der Waals surface area (Å²) in [7, 11) is 0. The van der Waals surface area contributed by atoms with Gasteiger partial charge in [0.25, 0.3) is 0 Å². The number of fused-ring (bicyclic) bond motifs is 2. The molecule has 0 unspecified atom stereocenters. The van der Waals surface area contributed by atoms with E-state index in [9.17, 15) is 5.11 Å². The van der Waals surface area contributed by atoms with Gasteiger partial charge in [-0.05, 0) is 89.1 Å². The molecule has 3 aromatic carbocycles. The van der Waals surface area contributed by atoms with Gasteiger partial charge in [-0.15, -0.1) is 0 Å². The summed E-state index contributed by atoms with van der Waals surface area (Å²) in [5.74, 6) is 1.08. The predicted molar refractivity (Wildman–Crippen MR) is 113 cm³/mol. The molecule has 3 nitrogen and oxygen atoms in total. The van der Waals surface area contributed by atoms with Crippen molar-refractivity contribution in [2.45, 2.75) is 25.7 Å². The first-order valence-electron chi connectivity index (χ1n) is 9.30. The van der Waals surface area contributed by atoms with Crippen LogP contribution in [0.25, 0.3) is 28.1 Å². The van der Waals surface area contributed by atoms with Crippen LogP contribution in [0.2, 0.25) is 0 Å². The normalized spacial score (nSPS) is 13.7. The molecular weight excluding hydrogens is 400 g/mol. The molecule has 0 bridgehead atoms. The second kappa shape index (κ2) is 6.54. The first-order valence-corrected chi connectivity index (χ1v) is 10.1. The fourth-order valence-electron chi connectivity index (χ4n) is 4.04. The van der Waals surface area contributed by atoms with Gasteiger partial charge in [-0.1, -0.05) is 24.3 Å². The number of nitrogens with zero attached hydrogens (tertiary/aromatic N) is 2. The zero-order valence-electron chi connectivity index (χ0n) is 14.8. The highest BCUT2D eigenvalue weighted by atomic mass is 79.9. The smallest absolute Gasteiger partial charge is 0.149 e. The minimum absolute atomic E-state index is 0.305. The van der Waals surface area contributed by atoms with Gasteiger partial charge in [-0.2, -0.15) is 0 Å². The van der Waals surface area contributed by atoms with Crippen molar-refractivity contribution in [2.75, 3.05) is 0 Å². The van der Waals surface area contributed by atoms with Gasteiger partial charge in [0.15, 0.2) is 0 Å². The molecule has 0 atom stereocenters. The summed E-state index contributed by atoms with van der Waals surface area (Å²) in [6.45, 7) is 0.